The molecule has 1 N–H and O–H groups in total. The lowest BCUT2D eigenvalue weighted by atomic mass is 10.0. The lowest BCUT2D eigenvalue weighted by Crippen LogP contribution is -2.46. The van der Waals surface area contributed by atoms with Crippen LogP contribution in [0.5, 0.6) is 0 Å². The van der Waals surface area contributed by atoms with Crippen LogP contribution in [0.1, 0.15) is 39.8 Å². The molecular formula is C24H23N5O3S. The van der Waals surface area contributed by atoms with Gasteiger partial charge in [-0.05, 0) is 55.5 Å². The van der Waals surface area contributed by atoms with Crippen LogP contribution < -0.4 is 5.32 Å². The zero-order chi connectivity index (χ0) is 22.8. The van der Waals surface area contributed by atoms with Crippen LogP contribution in [0, 0.1) is 6.92 Å². The third kappa shape index (κ3) is 4.45. The number of thiophene rings is 1. The largest absolute Gasteiger partial charge is 0.456 e. The number of nitrogens with one attached hydrogen (secondary N) is 1. The number of aryl methyl sites for hydroxylation is 1. The van der Waals surface area contributed by atoms with E-state index in [1.807, 2.05) is 47.8 Å². The number of hydrogen-bond donors (Lipinski definition) is 1. The monoisotopic (exact) mass is 461 g/mol. The summed E-state index contributed by atoms with van der Waals surface area (Å²) in [4.78, 5) is 32.9. The van der Waals surface area contributed by atoms with Crippen LogP contribution in [0.3, 0.4) is 0 Å². The number of hydrogen-bond acceptors (Lipinski definition) is 6. The number of rotatable bonds is 5. The van der Waals surface area contributed by atoms with E-state index in [1.54, 1.807) is 40.0 Å². The molecule has 0 unspecified atom stereocenters. The first kappa shape index (κ1) is 21.1. The summed E-state index contributed by atoms with van der Waals surface area (Å²) < 4.78 is 7.11. The standard InChI is InChI=1S/C24H23N5O3S/c1-16-9-10-19(32-16)23(30)25-17-11-13-28(14-12-17)24(31)21-26-22(20-8-5-15-33-20)29(27-21)18-6-3-2-4-7-18/h2-10,15,17H,11-14H2,1H3,(H,25,30). The number of piperidine rings is 1. The molecule has 1 aromatic carbocycles. The van der Waals surface area contributed by atoms with Crippen molar-refractivity contribution < 1.29 is 14.0 Å². The van der Waals surface area contributed by atoms with Crippen LogP contribution in [0.15, 0.2) is 64.4 Å². The summed E-state index contributed by atoms with van der Waals surface area (Å²) in [7, 11) is 0. The molecule has 0 spiro atoms. The van der Waals surface area contributed by atoms with Crippen LogP contribution >= 0.6 is 11.3 Å². The van der Waals surface area contributed by atoms with Crippen molar-refractivity contribution in [2.45, 2.75) is 25.8 Å². The molecule has 8 nitrogen and oxygen atoms in total. The van der Waals surface area contributed by atoms with Crippen molar-refractivity contribution in [2.24, 2.45) is 0 Å². The van der Waals surface area contributed by atoms with E-state index in [4.69, 9.17) is 4.42 Å². The zero-order valence-corrected chi connectivity index (χ0v) is 18.9. The van der Waals surface area contributed by atoms with E-state index in [0.29, 0.717) is 43.3 Å². The minimum Gasteiger partial charge on any atom is -0.456 e. The quantitative estimate of drug-likeness (QED) is 0.486. The topological polar surface area (TPSA) is 93.3 Å². The molecule has 1 fully saturated rings. The van der Waals surface area contributed by atoms with Gasteiger partial charge in [-0.3, -0.25) is 9.59 Å². The van der Waals surface area contributed by atoms with E-state index in [-0.39, 0.29) is 23.7 Å². The highest BCUT2D eigenvalue weighted by Crippen LogP contribution is 2.26. The number of furan rings is 1. The summed E-state index contributed by atoms with van der Waals surface area (Å²) in [5, 5.41) is 9.53. The van der Waals surface area contributed by atoms with E-state index in [0.717, 1.165) is 10.6 Å². The SMILES string of the molecule is Cc1ccc(C(=O)NC2CCN(C(=O)c3nc(-c4cccs4)n(-c4ccccc4)n3)CC2)o1. The number of nitrogens with zero attached hydrogens (tertiary/aromatic N) is 4. The Morgan fingerprint density at radius 1 is 1.06 bits per heavy atom. The van der Waals surface area contributed by atoms with Crippen molar-refractivity contribution in [3.8, 4) is 16.4 Å². The van der Waals surface area contributed by atoms with Crippen molar-refractivity contribution in [1.29, 1.82) is 0 Å². The molecule has 0 aliphatic carbocycles. The molecule has 0 radical (unpaired) electrons. The molecule has 3 aromatic heterocycles. The number of likely N-dealkylation sites (tertiary alicyclic amines) is 1. The maximum Gasteiger partial charge on any atom is 0.293 e. The average Bonchev–Trinajstić information content (AvgIpc) is 3.60. The van der Waals surface area contributed by atoms with Gasteiger partial charge < -0.3 is 14.6 Å². The Morgan fingerprint density at radius 2 is 1.85 bits per heavy atom. The van der Waals surface area contributed by atoms with Crippen LogP contribution in [0.4, 0.5) is 0 Å². The number of carbonyl (C=O) groups is 2. The molecule has 0 saturated carbocycles. The zero-order valence-electron chi connectivity index (χ0n) is 18.1. The van der Waals surface area contributed by atoms with Crippen molar-refractivity contribution >= 4 is 23.2 Å². The molecule has 4 aromatic rings. The van der Waals surface area contributed by atoms with Crippen LogP contribution in [0.25, 0.3) is 16.4 Å². The molecule has 4 heterocycles. The average molecular weight is 462 g/mol. The van der Waals surface area contributed by atoms with Gasteiger partial charge >= 0.3 is 0 Å². The third-order valence-electron chi connectivity index (χ3n) is 5.62. The molecule has 33 heavy (non-hydrogen) atoms. The lowest BCUT2D eigenvalue weighted by molar-refractivity contribution is 0.0684. The van der Waals surface area contributed by atoms with E-state index < -0.39 is 0 Å². The first-order chi connectivity index (χ1) is 16.1. The van der Waals surface area contributed by atoms with Crippen molar-refractivity contribution in [3.63, 3.8) is 0 Å². The second-order valence-corrected chi connectivity index (χ2v) is 8.88. The Morgan fingerprint density at radius 3 is 2.52 bits per heavy atom. The molecular weight excluding hydrogens is 438 g/mol. The maximum absolute atomic E-state index is 13.2. The fourth-order valence-corrected chi connectivity index (χ4v) is 4.60. The van der Waals surface area contributed by atoms with Gasteiger partial charge in [-0.15, -0.1) is 16.4 Å². The minimum absolute atomic E-state index is 0.0107. The Kier molecular flexibility index (Phi) is 5.78. The predicted octanol–water partition coefficient (Wildman–Crippen LogP) is 3.93. The van der Waals surface area contributed by atoms with Gasteiger partial charge in [0.2, 0.25) is 5.82 Å². The summed E-state index contributed by atoms with van der Waals surface area (Å²) in [6.45, 7) is 2.85. The van der Waals surface area contributed by atoms with Gasteiger partial charge in [0, 0.05) is 19.1 Å². The summed E-state index contributed by atoms with van der Waals surface area (Å²) >= 11 is 1.55. The van der Waals surface area contributed by atoms with Crippen LogP contribution in [-0.2, 0) is 0 Å². The van der Waals surface area contributed by atoms with E-state index >= 15 is 0 Å². The highest BCUT2D eigenvalue weighted by Gasteiger charge is 2.28. The molecule has 2 amide bonds. The Balaban J connectivity index is 1.29. The highest BCUT2D eigenvalue weighted by atomic mass is 32.1. The van der Waals surface area contributed by atoms with E-state index in [2.05, 4.69) is 15.4 Å². The lowest BCUT2D eigenvalue weighted by Gasteiger charge is -2.31. The second-order valence-electron chi connectivity index (χ2n) is 7.93. The summed E-state index contributed by atoms with van der Waals surface area (Å²) in [6, 6.07) is 17.0. The van der Waals surface area contributed by atoms with Crippen molar-refractivity contribution in [3.05, 3.63) is 77.3 Å². The fraction of sp³-hybridized carbons (Fsp3) is 0.250. The molecule has 0 bridgehead atoms. The van der Waals surface area contributed by atoms with Crippen LogP contribution in [-0.4, -0.2) is 50.6 Å². The van der Waals surface area contributed by atoms with Gasteiger partial charge in [0.1, 0.15) is 5.76 Å². The molecule has 0 atom stereocenters. The molecule has 9 heteroatoms. The summed E-state index contributed by atoms with van der Waals surface area (Å²) in [5.41, 5.74) is 0.849. The van der Waals surface area contributed by atoms with Crippen molar-refractivity contribution in [1.82, 2.24) is 25.0 Å². The van der Waals surface area contributed by atoms with Gasteiger partial charge in [-0.2, -0.15) is 0 Å². The van der Waals surface area contributed by atoms with Crippen molar-refractivity contribution in [2.75, 3.05) is 13.1 Å². The number of carbonyl (C=O) groups excluding carboxylic acids is 2. The molecule has 1 saturated heterocycles. The van der Waals surface area contributed by atoms with Crippen LogP contribution in [0.2, 0.25) is 0 Å². The first-order valence-corrected chi connectivity index (χ1v) is 11.7. The smallest absolute Gasteiger partial charge is 0.293 e. The minimum atomic E-state index is -0.225. The molecule has 1 aliphatic rings. The maximum atomic E-state index is 13.2. The normalized spacial score (nSPS) is 14.4. The third-order valence-corrected chi connectivity index (χ3v) is 6.49. The number of para-hydroxylation sites is 1. The molecule has 5 rings (SSSR count). The predicted molar refractivity (Wildman–Crippen MR) is 125 cm³/mol. The Labute approximate surface area is 194 Å². The second kappa shape index (κ2) is 9.03. The van der Waals surface area contributed by atoms with Gasteiger partial charge in [-0.25, -0.2) is 9.67 Å². The van der Waals surface area contributed by atoms with E-state index in [9.17, 15) is 9.59 Å². The Bertz CT molecular complexity index is 1250. The number of amides is 2. The molecule has 168 valence electrons. The molecule has 1 aliphatic heterocycles. The summed E-state index contributed by atoms with van der Waals surface area (Å²) in [5.74, 6) is 1.41. The number of aromatic nitrogens is 3. The Hall–Kier alpha value is -3.72. The first-order valence-electron chi connectivity index (χ1n) is 10.8. The van der Waals surface area contributed by atoms with Gasteiger partial charge in [0.05, 0.1) is 10.6 Å². The van der Waals surface area contributed by atoms with Gasteiger partial charge in [-0.1, -0.05) is 24.3 Å². The van der Waals surface area contributed by atoms with E-state index in [1.165, 1.54) is 0 Å². The highest BCUT2D eigenvalue weighted by molar-refractivity contribution is 7.13. The van der Waals surface area contributed by atoms with Gasteiger partial charge in [0.15, 0.2) is 11.6 Å². The summed E-state index contributed by atoms with van der Waals surface area (Å²) in [6.07, 6.45) is 1.32. The fourth-order valence-electron chi connectivity index (χ4n) is 3.90. The number of benzene rings is 1. The van der Waals surface area contributed by atoms with Gasteiger partial charge in [0.25, 0.3) is 11.8 Å².